The molecule has 2 saturated heterocycles. The molecule has 0 bridgehead atoms. The number of nitrogens with one attached hydrogen (secondary N) is 1. The second-order valence-corrected chi connectivity index (χ2v) is 8.74. The summed E-state index contributed by atoms with van der Waals surface area (Å²) in [4.78, 5) is 18.0. The van der Waals surface area contributed by atoms with Crippen molar-refractivity contribution in [1.29, 1.82) is 0 Å². The fourth-order valence-electron chi connectivity index (χ4n) is 4.80. The summed E-state index contributed by atoms with van der Waals surface area (Å²) >= 11 is 0. The van der Waals surface area contributed by atoms with Gasteiger partial charge in [0.05, 0.1) is 7.11 Å². The number of amides is 1. The average Bonchev–Trinajstić information content (AvgIpc) is 3.35. The summed E-state index contributed by atoms with van der Waals surface area (Å²) in [6.45, 7) is 5.89. The van der Waals surface area contributed by atoms with Crippen LogP contribution in [0.3, 0.4) is 0 Å². The van der Waals surface area contributed by atoms with Gasteiger partial charge in [0.1, 0.15) is 5.75 Å². The summed E-state index contributed by atoms with van der Waals surface area (Å²) in [7, 11) is 1.70. The average molecular weight is 422 g/mol. The molecule has 0 radical (unpaired) electrons. The molecule has 0 aromatic heterocycles. The molecule has 4 rings (SSSR count). The fraction of sp³-hybridized carbons (Fsp3) is 0.500. The Labute approximate surface area is 186 Å². The van der Waals surface area contributed by atoms with E-state index in [2.05, 4.69) is 33.3 Å². The van der Waals surface area contributed by atoms with Crippen LogP contribution in [0.5, 0.6) is 5.75 Å². The van der Waals surface area contributed by atoms with Gasteiger partial charge in [-0.05, 0) is 74.6 Å². The molecule has 2 aliphatic heterocycles. The topological polar surface area (TPSA) is 44.8 Å². The van der Waals surface area contributed by atoms with Crippen LogP contribution in [0.25, 0.3) is 0 Å². The predicted octanol–water partition coefficient (Wildman–Crippen LogP) is 3.73. The number of carbonyl (C=O) groups is 1. The lowest BCUT2D eigenvalue weighted by Crippen LogP contribution is -2.42. The summed E-state index contributed by atoms with van der Waals surface area (Å²) in [6, 6.07) is 16.6. The van der Waals surface area contributed by atoms with Crippen LogP contribution < -0.4 is 10.1 Å². The second kappa shape index (κ2) is 10.8. The van der Waals surface area contributed by atoms with Gasteiger partial charge in [-0.3, -0.25) is 9.69 Å². The van der Waals surface area contributed by atoms with Gasteiger partial charge in [-0.1, -0.05) is 36.8 Å². The number of piperidine rings is 1. The maximum atomic E-state index is 13.5. The maximum Gasteiger partial charge on any atom is 0.254 e. The van der Waals surface area contributed by atoms with E-state index < -0.39 is 0 Å². The van der Waals surface area contributed by atoms with Crippen molar-refractivity contribution < 1.29 is 9.53 Å². The zero-order valence-corrected chi connectivity index (χ0v) is 18.7. The Morgan fingerprint density at radius 3 is 2.58 bits per heavy atom. The van der Waals surface area contributed by atoms with E-state index in [4.69, 9.17) is 4.74 Å². The minimum Gasteiger partial charge on any atom is -0.496 e. The molecule has 1 N–H and O–H groups in total. The van der Waals surface area contributed by atoms with E-state index in [9.17, 15) is 4.79 Å². The number of methoxy groups -OCH3 is 1. The molecule has 2 aromatic carbocycles. The highest BCUT2D eigenvalue weighted by Gasteiger charge is 2.27. The third-order valence-electron chi connectivity index (χ3n) is 6.61. The molecule has 0 aliphatic carbocycles. The molecule has 31 heavy (non-hydrogen) atoms. The van der Waals surface area contributed by atoms with Gasteiger partial charge < -0.3 is 15.0 Å². The highest BCUT2D eigenvalue weighted by molar-refractivity contribution is 5.94. The third kappa shape index (κ3) is 5.66. The van der Waals surface area contributed by atoms with E-state index in [-0.39, 0.29) is 11.9 Å². The van der Waals surface area contributed by atoms with Crippen molar-refractivity contribution in [3.8, 4) is 5.75 Å². The summed E-state index contributed by atoms with van der Waals surface area (Å²) in [6.07, 6.45) is 5.75. The van der Waals surface area contributed by atoms with Crippen LogP contribution in [0.15, 0.2) is 48.5 Å². The monoisotopic (exact) mass is 421 g/mol. The molecule has 0 spiro atoms. The summed E-state index contributed by atoms with van der Waals surface area (Å²) in [5.41, 5.74) is 3.22. The Hall–Kier alpha value is -2.37. The standard InChI is InChI=1S/C26H35N3O2/c1-31-25-8-4-3-7-22(25)14-18-29(24-13-15-27-19-24)26(30)23-11-9-21(10-12-23)20-28-16-5-2-6-17-28/h3-4,7-12,24,27H,2,5-6,13-20H2,1H3. The number of benzene rings is 2. The van der Waals surface area contributed by atoms with Gasteiger partial charge in [0, 0.05) is 31.2 Å². The highest BCUT2D eigenvalue weighted by Crippen LogP contribution is 2.21. The van der Waals surface area contributed by atoms with Gasteiger partial charge >= 0.3 is 0 Å². The molecular formula is C26H35N3O2. The summed E-state index contributed by atoms with van der Waals surface area (Å²) < 4.78 is 5.50. The van der Waals surface area contributed by atoms with Gasteiger partial charge in [0.15, 0.2) is 0 Å². The molecule has 5 nitrogen and oxygen atoms in total. The Morgan fingerprint density at radius 1 is 1.10 bits per heavy atom. The molecule has 2 aliphatic rings. The molecule has 2 fully saturated rings. The SMILES string of the molecule is COc1ccccc1CCN(C(=O)c1ccc(CN2CCCCC2)cc1)C1CCNC1. The van der Waals surface area contributed by atoms with E-state index in [1.807, 2.05) is 30.3 Å². The van der Waals surface area contributed by atoms with E-state index in [1.165, 1.54) is 37.9 Å². The Balaban J connectivity index is 1.44. The number of hydrogen-bond donors (Lipinski definition) is 1. The molecule has 0 saturated carbocycles. The largest absolute Gasteiger partial charge is 0.496 e. The Bertz CT molecular complexity index is 840. The van der Waals surface area contributed by atoms with Crippen molar-refractivity contribution in [3.05, 3.63) is 65.2 Å². The van der Waals surface area contributed by atoms with Crippen molar-refractivity contribution in [1.82, 2.24) is 15.1 Å². The van der Waals surface area contributed by atoms with Crippen LogP contribution >= 0.6 is 0 Å². The van der Waals surface area contributed by atoms with Crippen LogP contribution in [0, 0.1) is 0 Å². The molecule has 1 atom stereocenters. The zero-order chi connectivity index (χ0) is 21.5. The number of likely N-dealkylation sites (tertiary alicyclic amines) is 1. The van der Waals surface area contributed by atoms with Gasteiger partial charge in [-0.15, -0.1) is 0 Å². The Morgan fingerprint density at radius 2 is 1.87 bits per heavy atom. The molecule has 2 aromatic rings. The molecule has 1 unspecified atom stereocenters. The molecule has 5 heteroatoms. The van der Waals surface area contributed by atoms with Crippen molar-refractivity contribution in [2.75, 3.05) is 39.8 Å². The lowest BCUT2D eigenvalue weighted by Gasteiger charge is -2.29. The van der Waals surface area contributed by atoms with Gasteiger partial charge in [-0.25, -0.2) is 0 Å². The van der Waals surface area contributed by atoms with Crippen LogP contribution in [0.2, 0.25) is 0 Å². The van der Waals surface area contributed by atoms with Crippen LogP contribution in [-0.2, 0) is 13.0 Å². The highest BCUT2D eigenvalue weighted by atomic mass is 16.5. The van der Waals surface area contributed by atoms with Crippen molar-refractivity contribution in [3.63, 3.8) is 0 Å². The number of nitrogens with zero attached hydrogens (tertiary/aromatic N) is 2. The number of hydrogen-bond acceptors (Lipinski definition) is 4. The number of ether oxygens (including phenoxy) is 1. The first-order chi connectivity index (χ1) is 15.2. The molecular weight excluding hydrogens is 386 g/mol. The first kappa shape index (κ1) is 21.8. The van der Waals surface area contributed by atoms with Crippen molar-refractivity contribution >= 4 is 5.91 Å². The molecule has 166 valence electrons. The summed E-state index contributed by atoms with van der Waals surface area (Å²) in [5, 5.41) is 3.41. The molecule has 2 heterocycles. The summed E-state index contributed by atoms with van der Waals surface area (Å²) in [5.74, 6) is 1.02. The minimum absolute atomic E-state index is 0.133. The second-order valence-electron chi connectivity index (χ2n) is 8.74. The van der Waals surface area contributed by atoms with E-state index >= 15 is 0 Å². The lowest BCUT2D eigenvalue weighted by atomic mass is 10.1. The van der Waals surface area contributed by atoms with Gasteiger partial charge in [0.2, 0.25) is 0 Å². The first-order valence-electron chi connectivity index (χ1n) is 11.7. The van der Waals surface area contributed by atoms with Crippen molar-refractivity contribution in [2.24, 2.45) is 0 Å². The number of para-hydroxylation sites is 1. The minimum atomic E-state index is 0.133. The zero-order valence-electron chi connectivity index (χ0n) is 18.7. The molecule has 1 amide bonds. The van der Waals surface area contributed by atoms with E-state index in [1.54, 1.807) is 7.11 Å². The van der Waals surface area contributed by atoms with E-state index in [0.717, 1.165) is 49.4 Å². The fourth-order valence-corrected chi connectivity index (χ4v) is 4.80. The smallest absolute Gasteiger partial charge is 0.254 e. The van der Waals surface area contributed by atoms with Gasteiger partial charge in [0.25, 0.3) is 5.91 Å². The van der Waals surface area contributed by atoms with E-state index in [0.29, 0.717) is 6.54 Å². The van der Waals surface area contributed by atoms with Crippen LogP contribution in [-0.4, -0.2) is 61.6 Å². The normalized spacial score (nSPS) is 19.3. The van der Waals surface area contributed by atoms with Crippen LogP contribution in [0.4, 0.5) is 0 Å². The van der Waals surface area contributed by atoms with Crippen LogP contribution in [0.1, 0.15) is 47.2 Å². The predicted molar refractivity (Wildman–Crippen MR) is 125 cm³/mol. The number of carbonyl (C=O) groups excluding carboxylic acids is 1. The number of rotatable bonds is 8. The maximum absolute atomic E-state index is 13.5. The quantitative estimate of drug-likeness (QED) is 0.706. The van der Waals surface area contributed by atoms with Crippen molar-refractivity contribution in [2.45, 2.75) is 44.7 Å². The third-order valence-corrected chi connectivity index (χ3v) is 6.61. The Kier molecular flexibility index (Phi) is 7.60. The lowest BCUT2D eigenvalue weighted by molar-refractivity contribution is 0.0694. The first-order valence-corrected chi connectivity index (χ1v) is 11.7. The van der Waals surface area contributed by atoms with Gasteiger partial charge in [-0.2, -0.15) is 0 Å².